The summed E-state index contributed by atoms with van der Waals surface area (Å²) in [6, 6.07) is 0. The second-order valence-electron chi connectivity index (χ2n) is 3.91. The SMILES string of the molecule is Cc1c(C(O)Cc2cn(C)nn2)cnn1C. The van der Waals surface area contributed by atoms with Gasteiger partial charge in [-0.1, -0.05) is 5.21 Å². The highest BCUT2D eigenvalue weighted by Gasteiger charge is 2.15. The third-order valence-corrected chi connectivity index (χ3v) is 2.68. The predicted octanol–water partition coefficient (Wildman–Crippen LogP) is 0.133. The van der Waals surface area contributed by atoms with E-state index in [4.69, 9.17) is 0 Å². The van der Waals surface area contributed by atoms with Gasteiger partial charge in [-0.05, 0) is 6.92 Å². The maximum atomic E-state index is 10.0. The average Bonchev–Trinajstić information content (AvgIpc) is 2.76. The first kappa shape index (κ1) is 10.8. The molecule has 0 amide bonds. The van der Waals surface area contributed by atoms with Crippen molar-refractivity contribution in [2.24, 2.45) is 14.1 Å². The van der Waals surface area contributed by atoms with E-state index in [-0.39, 0.29) is 0 Å². The van der Waals surface area contributed by atoms with Gasteiger partial charge in [-0.3, -0.25) is 9.36 Å². The smallest absolute Gasteiger partial charge is 0.0879 e. The summed E-state index contributed by atoms with van der Waals surface area (Å²) in [7, 11) is 3.66. The Kier molecular flexibility index (Phi) is 2.74. The highest BCUT2D eigenvalue weighted by Crippen LogP contribution is 2.19. The lowest BCUT2D eigenvalue weighted by Crippen LogP contribution is -2.04. The van der Waals surface area contributed by atoms with Crippen LogP contribution in [-0.4, -0.2) is 29.9 Å². The van der Waals surface area contributed by atoms with Crippen molar-refractivity contribution in [1.29, 1.82) is 0 Å². The molecule has 0 bridgehead atoms. The molecule has 0 aliphatic heterocycles. The van der Waals surface area contributed by atoms with E-state index in [1.165, 1.54) is 0 Å². The lowest BCUT2D eigenvalue weighted by Gasteiger charge is -2.07. The molecule has 2 aromatic heterocycles. The highest BCUT2D eigenvalue weighted by molar-refractivity contribution is 5.20. The van der Waals surface area contributed by atoms with Crippen LogP contribution in [0.4, 0.5) is 0 Å². The molecule has 2 heterocycles. The van der Waals surface area contributed by atoms with Gasteiger partial charge in [0.15, 0.2) is 0 Å². The maximum Gasteiger partial charge on any atom is 0.0879 e. The molecule has 0 aliphatic rings. The molecule has 0 spiro atoms. The summed E-state index contributed by atoms with van der Waals surface area (Å²) in [4.78, 5) is 0. The largest absolute Gasteiger partial charge is 0.388 e. The zero-order chi connectivity index (χ0) is 11.7. The Balaban J connectivity index is 2.14. The summed E-state index contributed by atoms with van der Waals surface area (Å²) >= 11 is 0. The molecule has 1 atom stereocenters. The lowest BCUT2D eigenvalue weighted by atomic mass is 10.1. The predicted molar refractivity (Wildman–Crippen MR) is 57.6 cm³/mol. The molecular weight excluding hydrogens is 206 g/mol. The van der Waals surface area contributed by atoms with Crippen molar-refractivity contribution >= 4 is 0 Å². The summed E-state index contributed by atoms with van der Waals surface area (Å²) in [5.74, 6) is 0. The molecule has 16 heavy (non-hydrogen) atoms. The van der Waals surface area contributed by atoms with Crippen molar-refractivity contribution in [3.63, 3.8) is 0 Å². The molecule has 6 nitrogen and oxygen atoms in total. The summed E-state index contributed by atoms with van der Waals surface area (Å²) in [5, 5.41) is 21.9. The minimum Gasteiger partial charge on any atom is -0.388 e. The second-order valence-corrected chi connectivity index (χ2v) is 3.91. The molecule has 0 radical (unpaired) electrons. The number of aliphatic hydroxyl groups is 1. The molecule has 0 aromatic carbocycles. The Labute approximate surface area is 93.5 Å². The molecule has 2 aromatic rings. The van der Waals surface area contributed by atoms with E-state index in [1.807, 2.05) is 14.0 Å². The van der Waals surface area contributed by atoms with Gasteiger partial charge in [0.1, 0.15) is 0 Å². The van der Waals surface area contributed by atoms with Crippen molar-refractivity contribution in [3.05, 3.63) is 29.3 Å². The number of aryl methyl sites for hydroxylation is 2. The van der Waals surface area contributed by atoms with Gasteiger partial charge < -0.3 is 5.11 Å². The fourth-order valence-electron chi connectivity index (χ4n) is 1.64. The van der Waals surface area contributed by atoms with Gasteiger partial charge in [0.25, 0.3) is 0 Å². The first-order valence-corrected chi connectivity index (χ1v) is 5.09. The number of hydrogen-bond acceptors (Lipinski definition) is 4. The van der Waals surface area contributed by atoms with Crippen molar-refractivity contribution in [2.45, 2.75) is 19.4 Å². The molecule has 0 saturated heterocycles. The molecule has 0 aliphatic carbocycles. The van der Waals surface area contributed by atoms with Crippen LogP contribution in [0.5, 0.6) is 0 Å². The van der Waals surface area contributed by atoms with Crippen LogP contribution >= 0.6 is 0 Å². The van der Waals surface area contributed by atoms with Crippen LogP contribution in [-0.2, 0) is 20.5 Å². The van der Waals surface area contributed by atoms with Gasteiger partial charge in [-0.25, -0.2) is 0 Å². The lowest BCUT2D eigenvalue weighted by molar-refractivity contribution is 0.176. The quantitative estimate of drug-likeness (QED) is 0.800. The third kappa shape index (κ3) is 1.96. The molecule has 0 fully saturated rings. The van der Waals surface area contributed by atoms with E-state index in [1.54, 1.807) is 28.8 Å². The Morgan fingerprint density at radius 3 is 2.69 bits per heavy atom. The molecule has 1 N–H and O–H groups in total. The zero-order valence-corrected chi connectivity index (χ0v) is 9.62. The van der Waals surface area contributed by atoms with Crippen molar-refractivity contribution in [2.75, 3.05) is 0 Å². The zero-order valence-electron chi connectivity index (χ0n) is 9.62. The first-order valence-electron chi connectivity index (χ1n) is 5.09. The monoisotopic (exact) mass is 221 g/mol. The van der Waals surface area contributed by atoms with E-state index >= 15 is 0 Å². The number of hydrogen-bond donors (Lipinski definition) is 1. The van der Waals surface area contributed by atoms with Gasteiger partial charge >= 0.3 is 0 Å². The minimum atomic E-state index is -0.578. The molecule has 0 saturated carbocycles. The van der Waals surface area contributed by atoms with Gasteiger partial charge in [0.05, 0.1) is 18.0 Å². The number of nitrogens with zero attached hydrogens (tertiary/aromatic N) is 5. The van der Waals surface area contributed by atoms with Crippen LogP contribution < -0.4 is 0 Å². The number of aromatic nitrogens is 5. The summed E-state index contributed by atoms with van der Waals surface area (Å²) in [6.07, 6.45) is 3.37. The average molecular weight is 221 g/mol. The van der Waals surface area contributed by atoms with E-state index < -0.39 is 6.10 Å². The molecule has 86 valence electrons. The molecule has 2 rings (SSSR count). The van der Waals surface area contributed by atoms with Gasteiger partial charge in [0.2, 0.25) is 0 Å². The van der Waals surface area contributed by atoms with Crippen LogP contribution in [0.1, 0.15) is 23.1 Å². The van der Waals surface area contributed by atoms with Gasteiger partial charge in [-0.2, -0.15) is 5.10 Å². The van der Waals surface area contributed by atoms with Crippen molar-refractivity contribution < 1.29 is 5.11 Å². The third-order valence-electron chi connectivity index (χ3n) is 2.68. The number of rotatable bonds is 3. The Morgan fingerprint density at radius 1 is 1.44 bits per heavy atom. The van der Waals surface area contributed by atoms with Crippen LogP contribution in [0.25, 0.3) is 0 Å². The van der Waals surface area contributed by atoms with Crippen molar-refractivity contribution in [3.8, 4) is 0 Å². The first-order chi connectivity index (χ1) is 7.58. The van der Waals surface area contributed by atoms with Crippen LogP contribution in [0.2, 0.25) is 0 Å². The van der Waals surface area contributed by atoms with E-state index in [2.05, 4.69) is 15.4 Å². The normalized spacial score (nSPS) is 13.0. The van der Waals surface area contributed by atoms with Gasteiger partial charge in [-0.15, -0.1) is 5.10 Å². The van der Waals surface area contributed by atoms with Crippen LogP contribution in [0.3, 0.4) is 0 Å². The standard InChI is InChI=1S/C10H15N5O/c1-7-9(5-11-15(7)3)10(16)4-8-6-14(2)13-12-8/h5-6,10,16H,4H2,1-3H3. The van der Waals surface area contributed by atoms with E-state index in [0.29, 0.717) is 6.42 Å². The van der Waals surface area contributed by atoms with Crippen molar-refractivity contribution in [1.82, 2.24) is 24.8 Å². The fraction of sp³-hybridized carbons (Fsp3) is 0.500. The summed E-state index contributed by atoms with van der Waals surface area (Å²) in [6.45, 7) is 1.93. The van der Waals surface area contributed by atoms with Crippen LogP contribution in [0.15, 0.2) is 12.4 Å². The molecule has 6 heteroatoms. The Hall–Kier alpha value is -1.69. The topological polar surface area (TPSA) is 68.8 Å². The molecular formula is C10H15N5O. The maximum absolute atomic E-state index is 10.0. The van der Waals surface area contributed by atoms with E-state index in [9.17, 15) is 5.11 Å². The Bertz CT molecular complexity index is 487. The van der Waals surface area contributed by atoms with Gasteiger partial charge in [0, 0.05) is 38.0 Å². The fourth-order valence-corrected chi connectivity index (χ4v) is 1.64. The highest BCUT2D eigenvalue weighted by atomic mass is 16.3. The summed E-state index contributed by atoms with van der Waals surface area (Å²) < 4.78 is 3.37. The van der Waals surface area contributed by atoms with Crippen LogP contribution in [0, 0.1) is 6.92 Å². The second kappa shape index (κ2) is 4.05. The number of aliphatic hydroxyl groups excluding tert-OH is 1. The molecule has 1 unspecified atom stereocenters. The summed E-state index contributed by atoms with van der Waals surface area (Å²) in [5.41, 5.74) is 2.59. The Morgan fingerprint density at radius 2 is 2.19 bits per heavy atom. The minimum absolute atomic E-state index is 0.459. The van der Waals surface area contributed by atoms with E-state index in [0.717, 1.165) is 17.0 Å².